The smallest absolute Gasteiger partial charge is 0.255 e. The number of aromatic nitrogens is 1. The Kier molecular flexibility index (Phi) is 7.46. The first kappa shape index (κ1) is 20.7. The summed E-state index contributed by atoms with van der Waals surface area (Å²) in [7, 11) is 1.96. The van der Waals surface area contributed by atoms with Crippen molar-refractivity contribution in [2.75, 3.05) is 20.1 Å². The lowest BCUT2D eigenvalue weighted by molar-refractivity contribution is 0.0697. The Balaban J connectivity index is 0.00000144. The van der Waals surface area contributed by atoms with Gasteiger partial charge in [-0.15, -0.1) is 24.8 Å². The van der Waals surface area contributed by atoms with Gasteiger partial charge in [0.05, 0.1) is 16.8 Å². The fourth-order valence-electron chi connectivity index (χ4n) is 3.18. The quantitative estimate of drug-likeness (QED) is 0.880. The average Bonchev–Trinajstić information content (AvgIpc) is 2.54. The van der Waals surface area contributed by atoms with Crippen LogP contribution >= 0.6 is 24.8 Å². The Hall–Kier alpha value is -1.36. The number of aryl methyl sites for hydroxylation is 2. The van der Waals surface area contributed by atoms with E-state index in [1.165, 1.54) is 5.56 Å². The van der Waals surface area contributed by atoms with Crippen molar-refractivity contribution in [1.29, 1.82) is 0 Å². The summed E-state index contributed by atoms with van der Waals surface area (Å²) in [6, 6.07) is 8.55. The Morgan fingerprint density at radius 1 is 1.25 bits per heavy atom. The zero-order chi connectivity index (χ0) is 15.7. The lowest BCUT2D eigenvalue weighted by atomic mass is 10.0. The molecule has 1 aromatic heterocycles. The molecule has 1 saturated heterocycles. The number of nitrogens with one attached hydrogen (secondary N) is 1. The molecule has 0 bridgehead atoms. The second kappa shape index (κ2) is 8.65. The van der Waals surface area contributed by atoms with E-state index in [1.807, 2.05) is 31.0 Å². The van der Waals surface area contributed by atoms with Crippen LogP contribution in [0.15, 0.2) is 24.3 Å². The molecule has 0 saturated carbocycles. The Morgan fingerprint density at radius 3 is 2.71 bits per heavy atom. The van der Waals surface area contributed by atoms with Gasteiger partial charge in [0.1, 0.15) is 0 Å². The van der Waals surface area contributed by atoms with Crippen LogP contribution in [-0.2, 0) is 0 Å². The lowest BCUT2D eigenvalue weighted by Crippen LogP contribution is -2.47. The van der Waals surface area contributed by atoms with E-state index in [1.54, 1.807) is 0 Å². The van der Waals surface area contributed by atoms with E-state index in [2.05, 4.69) is 29.4 Å². The van der Waals surface area contributed by atoms with Gasteiger partial charge < -0.3 is 10.2 Å². The predicted octanol–water partition coefficient (Wildman–Crippen LogP) is 3.52. The van der Waals surface area contributed by atoms with Gasteiger partial charge in [-0.3, -0.25) is 9.78 Å². The molecule has 0 spiro atoms. The highest BCUT2D eigenvalue weighted by molar-refractivity contribution is 5.98. The third kappa shape index (κ3) is 4.18. The van der Waals surface area contributed by atoms with Gasteiger partial charge in [-0.25, -0.2) is 0 Å². The number of fused-ring (bicyclic) bond motifs is 1. The highest BCUT2D eigenvalue weighted by atomic mass is 35.5. The average molecular weight is 370 g/mol. The molecule has 2 heterocycles. The number of pyridine rings is 1. The molecule has 1 aliphatic heterocycles. The summed E-state index contributed by atoms with van der Waals surface area (Å²) < 4.78 is 0. The first-order chi connectivity index (χ1) is 10.6. The fraction of sp³-hybridized carbons (Fsp3) is 0.444. The molecule has 1 amide bonds. The number of rotatable bonds is 2. The van der Waals surface area contributed by atoms with Gasteiger partial charge in [-0.05, 0) is 51.9 Å². The van der Waals surface area contributed by atoms with Gasteiger partial charge in [0.15, 0.2) is 0 Å². The van der Waals surface area contributed by atoms with Crippen molar-refractivity contribution < 1.29 is 4.79 Å². The fourth-order valence-corrected chi connectivity index (χ4v) is 3.18. The standard InChI is InChI=1S/C18H23N3O.2ClH/c1-12-6-7-17-14(9-12)10-16(13(2)20-17)18(22)21-8-4-5-15(11-21)19-3;;/h6-7,9-10,15,19H,4-5,8,11H2,1-3H3;2*1H. The van der Waals surface area contributed by atoms with Crippen LogP contribution in [-0.4, -0.2) is 42.0 Å². The van der Waals surface area contributed by atoms with Crippen LogP contribution in [0, 0.1) is 13.8 Å². The molecule has 24 heavy (non-hydrogen) atoms. The highest BCUT2D eigenvalue weighted by Crippen LogP contribution is 2.21. The molecule has 1 atom stereocenters. The zero-order valence-electron chi connectivity index (χ0n) is 14.3. The number of likely N-dealkylation sites (tertiary alicyclic amines) is 1. The monoisotopic (exact) mass is 369 g/mol. The van der Waals surface area contributed by atoms with Gasteiger partial charge >= 0.3 is 0 Å². The van der Waals surface area contributed by atoms with Crippen LogP contribution in [0.1, 0.15) is 34.5 Å². The molecule has 2 aromatic rings. The first-order valence-electron chi connectivity index (χ1n) is 7.93. The van der Waals surface area contributed by atoms with Crippen LogP contribution in [0.4, 0.5) is 0 Å². The number of carbonyl (C=O) groups is 1. The minimum absolute atomic E-state index is 0. The Labute approximate surface area is 155 Å². The molecule has 132 valence electrons. The number of likely N-dealkylation sites (N-methyl/N-ethyl adjacent to an activating group) is 1. The molecule has 3 rings (SSSR count). The Morgan fingerprint density at radius 2 is 2.00 bits per heavy atom. The van der Waals surface area contributed by atoms with E-state index >= 15 is 0 Å². The van der Waals surface area contributed by atoms with Crippen molar-refractivity contribution in [3.05, 3.63) is 41.1 Å². The number of hydrogen-bond acceptors (Lipinski definition) is 3. The van der Waals surface area contributed by atoms with Crippen LogP contribution in [0.2, 0.25) is 0 Å². The molecule has 4 nitrogen and oxygen atoms in total. The summed E-state index contributed by atoms with van der Waals surface area (Å²) in [6.45, 7) is 5.60. The van der Waals surface area contributed by atoms with E-state index < -0.39 is 0 Å². The van der Waals surface area contributed by atoms with Crippen molar-refractivity contribution in [3.8, 4) is 0 Å². The van der Waals surface area contributed by atoms with Gasteiger partial charge in [0.2, 0.25) is 0 Å². The van der Waals surface area contributed by atoms with Crippen molar-refractivity contribution in [3.63, 3.8) is 0 Å². The van der Waals surface area contributed by atoms with Crippen molar-refractivity contribution in [2.24, 2.45) is 0 Å². The van der Waals surface area contributed by atoms with E-state index in [9.17, 15) is 4.79 Å². The topological polar surface area (TPSA) is 45.2 Å². The van der Waals surface area contributed by atoms with Crippen molar-refractivity contribution in [2.45, 2.75) is 32.7 Å². The highest BCUT2D eigenvalue weighted by Gasteiger charge is 2.25. The minimum atomic E-state index is 0. The normalized spacial score (nSPS) is 17.1. The van der Waals surface area contributed by atoms with E-state index in [-0.39, 0.29) is 30.7 Å². The van der Waals surface area contributed by atoms with Crippen LogP contribution < -0.4 is 5.32 Å². The number of nitrogens with zero attached hydrogens (tertiary/aromatic N) is 2. The van der Waals surface area contributed by atoms with Gasteiger partial charge in [0.25, 0.3) is 5.91 Å². The number of hydrogen-bond donors (Lipinski definition) is 1. The largest absolute Gasteiger partial charge is 0.337 e. The maximum atomic E-state index is 12.9. The molecule has 0 aliphatic carbocycles. The molecule has 1 aliphatic rings. The number of piperidine rings is 1. The summed E-state index contributed by atoms with van der Waals surface area (Å²) in [4.78, 5) is 19.4. The lowest BCUT2D eigenvalue weighted by Gasteiger charge is -2.32. The predicted molar refractivity (Wildman–Crippen MR) is 104 cm³/mol. The number of carbonyl (C=O) groups excluding carboxylic acids is 1. The van der Waals surface area contributed by atoms with Crippen molar-refractivity contribution in [1.82, 2.24) is 15.2 Å². The third-order valence-electron chi connectivity index (χ3n) is 4.51. The number of halogens is 2. The first-order valence-corrected chi connectivity index (χ1v) is 7.93. The SMILES string of the molecule is CNC1CCCN(C(=O)c2cc3cc(C)ccc3nc2C)C1.Cl.Cl. The van der Waals surface area contributed by atoms with E-state index in [0.29, 0.717) is 6.04 Å². The molecular formula is C18H25Cl2N3O. The summed E-state index contributed by atoms with van der Waals surface area (Å²) in [6.07, 6.45) is 2.19. The van der Waals surface area contributed by atoms with Gasteiger partial charge in [-0.1, -0.05) is 11.6 Å². The molecule has 1 N–H and O–H groups in total. The Bertz CT molecular complexity index is 721. The molecular weight excluding hydrogens is 345 g/mol. The molecule has 0 radical (unpaired) electrons. The van der Waals surface area contributed by atoms with Crippen LogP contribution in [0.3, 0.4) is 0 Å². The van der Waals surface area contributed by atoms with E-state index in [0.717, 1.165) is 48.1 Å². The molecule has 6 heteroatoms. The second-order valence-corrected chi connectivity index (χ2v) is 6.20. The summed E-state index contributed by atoms with van der Waals surface area (Å²) in [5.74, 6) is 0.105. The van der Waals surface area contributed by atoms with Gasteiger partial charge in [0, 0.05) is 24.5 Å². The number of amides is 1. The molecule has 1 aromatic carbocycles. The third-order valence-corrected chi connectivity index (χ3v) is 4.51. The second-order valence-electron chi connectivity index (χ2n) is 6.20. The van der Waals surface area contributed by atoms with Crippen LogP contribution in [0.25, 0.3) is 10.9 Å². The number of benzene rings is 1. The maximum Gasteiger partial charge on any atom is 0.255 e. The van der Waals surface area contributed by atoms with Crippen molar-refractivity contribution >= 4 is 41.6 Å². The summed E-state index contributed by atoms with van der Waals surface area (Å²) in [5.41, 5.74) is 3.68. The summed E-state index contributed by atoms with van der Waals surface area (Å²) in [5, 5.41) is 4.32. The van der Waals surface area contributed by atoms with E-state index in [4.69, 9.17) is 0 Å². The van der Waals surface area contributed by atoms with Crippen LogP contribution in [0.5, 0.6) is 0 Å². The molecule has 1 unspecified atom stereocenters. The zero-order valence-corrected chi connectivity index (χ0v) is 16.0. The summed E-state index contributed by atoms with van der Waals surface area (Å²) >= 11 is 0. The minimum Gasteiger partial charge on any atom is -0.337 e. The van der Waals surface area contributed by atoms with Gasteiger partial charge in [-0.2, -0.15) is 0 Å². The molecule has 1 fully saturated rings. The maximum absolute atomic E-state index is 12.9.